The van der Waals surface area contributed by atoms with E-state index < -0.39 is 11.9 Å². The Hall–Kier alpha value is -2.78. The van der Waals surface area contributed by atoms with Gasteiger partial charge >= 0.3 is 12.0 Å². The van der Waals surface area contributed by atoms with Gasteiger partial charge in [0.2, 0.25) is 11.8 Å². The van der Waals surface area contributed by atoms with Gasteiger partial charge in [0.05, 0.1) is 12.1 Å². The van der Waals surface area contributed by atoms with E-state index in [2.05, 4.69) is 25.8 Å². The average Bonchev–Trinajstić information content (AvgIpc) is 2.96. The molecule has 0 radical (unpaired) electrons. The number of amides is 1. The Bertz CT molecular complexity index is 619. The first-order valence-corrected chi connectivity index (χ1v) is 5.73. The van der Waals surface area contributed by atoms with Crippen LogP contribution in [0.15, 0.2) is 10.6 Å². The van der Waals surface area contributed by atoms with Gasteiger partial charge in [0.25, 0.3) is 0 Å². The molecule has 2 aromatic heterocycles. The fourth-order valence-corrected chi connectivity index (χ4v) is 1.42. The number of aromatic nitrogens is 5. The largest absolute Gasteiger partial charge is 0.481 e. The van der Waals surface area contributed by atoms with Gasteiger partial charge in [-0.05, 0) is 0 Å². The zero-order valence-corrected chi connectivity index (χ0v) is 10.6. The van der Waals surface area contributed by atoms with E-state index in [0.29, 0.717) is 11.6 Å². The molecule has 2 N–H and O–H groups in total. The van der Waals surface area contributed by atoms with Crippen LogP contribution in [-0.2, 0) is 22.6 Å². The number of aliphatic carboxylic acids is 1. The summed E-state index contributed by atoms with van der Waals surface area (Å²) in [6.07, 6.45) is 1.74. The van der Waals surface area contributed by atoms with Crippen LogP contribution in [0.3, 0.4) is 0 Å². The minimum Gasteiger partial charge on any atom is -0.481 e. The number of aryl methyl sites for hydroxylation is 2. The molecule has 1 amide bonds. The van der Waals surface area contributed by atoms with Crippen LogP contribution in [0.2, 0.25) is 0 Å². The van der Waals surface area contributed by atoms with Crippen molar-refractivity contribution in [3.8, 4) is 0 Å². The first-order chi connectivity index (χ1) is 9.52. The molecule has 0 aliphatic heterocycles. The summed E-state index contributed by atoms with van der Waals surface area (Å²) in [4.78, 5) is 22.1. The molecule has 2 aromatic rings. The lowest BCUT2D eigenvalue weighted by Crippen LogP contribution is -2.19. The number of carboxylic acid groups (broad SMARTS) is 1. The fourth-order valence-electron chi connectivity index (χ4n) is 1.42. The van der Waals surface area contributed by atoms with Gasteiger partial charge in [-0.15, -0.1) is 10.2 Å². The molecule has 0 saturated carbocycles. The zero-order valence-electron chi connectivity index (χ0n) is 10.6. The lowest BCUT2D eigenvalue weighted by atomic mass is 10.2. The predicted molar refractivity (Wildman–Crippen MR) is 63.6 cm³/mol. The van der Waals surface area contributed by atoms with Crippen LogP contribution >= 0.6 is 0 Å². The second kappa shape index (κ2) is 5.91. The summed E-state index contributed by atoms with van der Waals surface area (Å²) in [5, 5.41) is 25.6. The molecule has 0 aliphatic rings. The zero-order chi connectivity index (χ0) is 14.5. The standard InChI is InChI=1S/C10H12N6O4/c1-6-12-14-10(20-6)11-8(17)5-16-4-7(13-15-16)2-3-9(18)19/h4H,2-3,5H2,1H3,(H,18,19)(H,11,14,17). The molecule has 0 saturated heterocycles. The molecule has 0 fully saturated rings. The molecule has 0 unspecified atom stereocenters. The maximum atomic E-state index is 11.6. The Morgan fingerprint density at radius 2 is 2.20 bits per heavy atom. The van der Waals surface area contributed by atoms with E-state index in [1.165, 1.54) is 10.9 Å². The first kappa shape index (κ1) is 13.6. The topological polar surface area (TPSA) is 136 Å². The molecule has 0 aromatic carbocycles. The summed E-state index contributed by atoms with van der Waals surface area (Å²) in [5.41, 5.74) is 0.508. The van der Waals surface area contributed by atoms with Gasteiger partial charge in [0, 0.05) is 19.5 Å². The summed E-state index contributed by atoms with van der Waals surface area (Å²) in [7, 11) is 0. The summed E-state index contributed by atoms with van der Waals surface area (Å²) < 4.78 is 6.30. The highest BCUT2D eigenvalue weighted by Gasteiger charge is 2.10. The highest BCUT2D eigenvalue weighted by Crippen LogP contribution is 2.04. The smallest absolute Gasteiger partial charge is 0.322 e. The molecule has 2 heterocycles. The minimum absolute atomic E-state index is 0.0127. The van der Waals surface area contributed by atoms with E-state index in [1.54, 1.807) is 6.92 Å². The van der Waals surface area contributed by atoms with Gasteiger partial charge < -0.3 is 9.52 Å². The number of nitrogens with one attached hydrogen (secondary N) is 1. The van der Waals surface area contributed by atoms with E-state index in [0.717, 1.165) is 0 Å². The van der Waals surface area contributed by atoms with Gasteiger partial charge in [-0.2, -0.15) is 0 Å². The van der Waals surface area contributed by atoms with Crippen molar-refractivity contribution in [1.29, 1.82) is 0 Å². The Morgan fingerprint density at radius 3 is 2.85 bits per heavy atom. The molecule has 20 heavy (non-hydrogen) atoms. The summed E-state index contributed by atoms with van der Waals surface area (Å²) in [6.45, 7) is 1.52. The highest BCUT2D eigenvalue weighted by molar-refractivity contribution is 5.88. The van der Waals surface area contributed by atoms with Gasteiger partial charge in [0.15, 0.2) is 0 Å². The Labute approximate surface area is 112 Å². The summed E-state index contributed by atoms with van der Waals surface area (Å²) >= 11 is 0. The maximum Gasteiger partial charge on any atom is 0.322 e. The third-order valence-electron chi connectivity index (χ3n) is 2.26. The van der Waals surface area contributed by atoms with Crippen LogP contribution < -0.4 is 5.32 Å². The quantitative estimate of drug-likeness (QED) is 0.731. The van der Waals surface area contributed by atoms with Gasteiger partial charge in [-0.25, -0.2) is 4.68 Å². The number of nitrogens with zero attached hydrogens (tertiary/aromatic N) is 5. The van der Waals surface area contributed by atoms with Crippen molar-refractivity contribution in [2.24, 2.45) is 0 Å². The van der Waals surface area contributed by atoms with Gasteiger partial charge in [0.1, 0.15) is 6.54 Å². The number of anilines is 1. The third kappa shape index (κ3) is 3.86. The first-order valence-electron chi connectivity index (χ1n) is 5.73. The van der Waals surface area contributed by atoms with E-state index >= 15 is 0 Å². The van der Waals surface area contributed by atoms with E-state index in [1.807, 2.05) is 0 Å². The van der Waals surface area contributed by atoms with Crippen molar-refractivity contribution in [1.82, 2.24) is 25.2 Å². The Morgan fingerprint density at radius 1 is 1.40 bits per heavy atom. The molecule has 10 nitrogen and oxygen atoms in total. The highest BCUT2D eigenvalue weighted by atomic mass is 16.4. The van der Waals surface area contributed by atoms with Crippen molar-refractivity contribution >= 4 is 17.9 Å². The van der Waals surface area contributed by atoms with Crippen molar-refractivity contribution in [2.75, 3.05) is 5.32 Å². The molecule has 0 atom stereocenters. The molecular weight excluding hydrogens is 268 g/mol. The van der Waals surface area contributed by atoms with Crippen LogP contribution in [0.5, 0.6) is 0 Å². The van der Waals surface area contributed by atoms with E-state index in [4.69, 9.17) is 9.52 Å². The maximum absolute atomic E-state index is 11.6. The molecule has 2 rings (SSSR count). The number of carbonyl (C=O) groups is 2. The minimum atomic E-state index is -0.913. The average molecular weight is 280 g/mol. The molecule has 106 valence electrons. The van der Waals surface area contributed by atoms with Crippen LogP contribution in [0, 0.1) is 6.92 Å². The number of rotatable bonds is 6. The molecule has 0 bridgehead atoms. The lowest BCUT2D eigenvalue weighted by Gasteiger charge is -1.99. The molecule has 0 aliphatic carbocycles. The van der Waals surface area contributed by atoms with Gasteiger partial charge in [-0.1, -0.05) is 10.3 Å². The number of hydrogen-bond donors (Lipinski definition) is 2. The normalized spacial score (nSPS) is 10.4. The predicted octanol–water partition coefficient (Wildman–Crippen LogP) is -0.375. The van der Waals surface area contributed by atoms with Crippen molar-refractivity contribution in [3.63, 3.8) is 0 Å². The van der Waals surface area contributed by atoms with Crippen LogP contribution in [0.4, 0.5) is 6.01 Å². The van der Waals surface area contributed by atoms with Crippen LogP contribution in [0.1, 0.15) is 18.0 Å². The van der Waals surface area contributed by atoms with E-state index in [-0.39, 0.29) is 25.4 Å². The van der Waals surface area contributed by atoms with Crippen LogP contribution in [0.25, 0.3) is 0 Å². The lowest BCUT2D eigenvalue weighted by molar-refractivity contribution is -0.137. The fraction of sp³-hybridized carbons (Fsp3) is 0.400. The molecule has 10 heteroatoms. The number of carboxylic acids is 1. The SMILES string of the molecule is Cc1nnc(NC(=O)Cn2cc(CCC(=O)O)nn2)o1. The van der Waals surface area contributed by atoms with Gasteiger partial charge in [-0.3, -0.25) is 14.9 Å². The number of carbonyl (C=O) groups excluding carboxylic acids is 1. The number of hydrogen-bond acceptors (Lipinski definition) is 7. The Balaban J connectivity index is 1.86. The second-order valence-electron chi connectivity index (χ2n) is 3.98. The molecule has 0 spiro atoms. The third-order valence-corrected chi connectivity index (χ3v) is 2.26. The summed E-state index contributed by atoms with van der Waals surface area (Å²) in [6, 6.07) is 0.0127. The monoisotopic (exact) mass is 280 g/mol. The van der Waals surface area contributed by atoms with Crippen molar-refractivity contribution < 1.29 is 19.1 Å². The van der Waals surface area contributed by atoms with Crippen LogP contribution in [-0.4, -0.2) is 42.2 Å². The second-order valence-corrected chi connectivity index (χ2v) is 3.98. The molecular formula is C10H12N6O4. The Kier molecular flexibility index (Phi) is 4.03. The van der Waals surface area contributed by atoms with E-state index in [9.17, 15) is 9.59 Å². The summed E-state index contributed by atoms with van der Waals surface area (Å²) in [5.74, 6) is -0.968. The van der Waals surface area contributed by atoms with Crippen molar-refractivity contribution in [2.45, 2.75) is 26.3 Å². The van der Waals surface area contributed by atoms with Crippen molar-refractivity contribution in [3.05, 3.63) is 17.8 Å².